The first-order valence-corrected chi connectivity index (χ1v) is 11.5. The van der Waals surface area contributed by atoms with Gasteiger partial charge in [0.05, 0.1) is 6.61 Å². The average molecular weight is 441 g/mol. The topological polar surface area (TPSA) is 68.2 Å². The molecular weight excluding hydrogens is 404 g/mol. The molecule has 0 bridgehead atoms. The summed E-state index contributed by atoms with van der Waals surface area (Å²) in [5.41, 5.74) is 0.955. The molecule has 0 radical (unpaired) electrons. The Morgan fingerprint density at radius 1 is 1.19 bits per heavy atom. The Morgan fingerprint density at radius 2 is 1.97 bits per heavy atom. The van der Waals surface area contributed by atoms with E-state index in [2.05, 4.69) is 34.2 Å². The Kier molecular flexibility index (Phi) is 9.62. The van der Waals surface area contributed by atoms with Gasteiger partial charge in [-0.05, 0) is 49.8 Å². The molecule has 0 atom stereocenters. The van der Waals surface area contributed by atoms with Gasteiger partial charge in [0.15, 0.2) is 17.5 Å². The normalized spacial score (nSPS) is 14.8. The number of pyridine rings is 1. The third kappa shape index (κ3) is 7.12. The van der Waals surface area contributed by atoms with Crippen molar-refractivity contribution in [3.05, 3.63) is 48.2 Å². The molecule has 2 heterocycles. The number of hydrogen-bond donors (Lipinski definition) is 1. The highest BCUT2D eigenvalue weighted by atomic mass is 16.5. The van der Waals surface area contributed by atoms with Gasteiger partial charge < -0.3 is 24.4 Å². The van der Waals surface area contributed by atoms with Gasteiger partial charge >= 0.3 is 0 Å². The maximum atomic E-state index is 6.15. The van der Waals surface area contributed by atoms with Crippen molar-refractivity contribution in [3.8, 4) is 17.4 Å². The quantitative estimate of drug-likeness (QED) is 0.434. The van der Waals surface area contributed by atoms with Crippen molar-refractivity contribution in [2.75, 3.05) is 40.5 Å². The van der Waals surface area contributed by atoms with Crippen LogP contribution in [0, 0.1) is 5.92 Å². The molecular formula is C25H36N4O3. The van der Waals surface area contributed by atoms with E-state index in [9.17, 15) is 0 Å². The average Bonchev–Trinajstić information content (AvgIpc) is 2.84. The smallest absolute Gasteiger partial charge is 0.224 e. The first kappa shape index (κ1) is 23.9. The molecule has 0 saturated carbocycles. The standard InChI is InChI=1S/C25H36N4O3/c1-4-16-31-22-9-5-6-10-23(22)32-24-21(8-7-14-27-24)19-28-25(26-2)29(3)15-11-20-12-17-30-18-13-20/h5-10,14,20H,4,11-13,15-19H2,1-3H3,(H,26,28). The van der Waals surface area contributed by atoms with Gasteiger partial charge in [0.25, 0.3) is 0 Å². The van der Waals surface area contributed by atoms with Crippen LogP contribution >= 0.6 is 0 Å². The maximum absolute atomic E-state index is 6.15. The monoisotopic (exact) mass is 440 g/mol. The van der Waals surface area contributed by atoms with E-state index >= 15 is 0 Å². The van der Waals surface area contributed by atoms with Gasteiger partial charge in [0.2, 0.25) is 5.88 Å². The largest absolute Gasteiger partial charge is 0.490 e. The first-order valence-electron chi connectivity index (χ1n) is 11.5. The summed E-state index contributed by atoms with van der Waals surface area (Å²) in [6.45, 7) is 6.03. The fraction of sp³-hybridized carbons (Fsp3) is 0.520. The molecule has 1 N–H and O–H groups in total. The Labute approximate surface area is 191 Å². The van der Waals surface area contributed by atoms with Gasteiger partial charge in [-0.15, -0.1) is 0 Å². The van der Waals surface area contributed by atoms with Gasteiger partial charge in [-0.3, -0.25) is 4.99 Å². The number of nitrogens with zero attached hydrogens (tertiary/aromatic N) is 3. The van der Waals surface area contributed by atoms with E-state index < -0.39 is 0 Å². The highest BCUT2D eigenvalue weighted by molar-refractivity contribution is 5.79. The summed E-state index contributed by atoms with van der Waals surface area (Å²) in [4.78, 5) is 11.1. The molecule has 0 unspecified atom stereocenters. The predicted octanol–water partition coefficient (Wildman–Crippen LogP) is 4.49. The zero-order chi connectivity index (χ0) is 22.6. The number of guanidine groups is 1. The van der Waals surface area contributed by atoms with Crippen molar-refractivity contribution in [1.82, 2.24) is 15.2 Å². The molecule has 1 aliphatic rings. The van der Waals surface area contributed by atoms with Gasteiger partial charge in [-0.25, -0.2) is 4.98 Å². The molecule has 1 aliphatic heterocycles. The van der Waals surface area contributed by atoms with Crippen molar-refractivity contribution in [2.45, 2.75) is 39.2 Å². The van der Waals surface area contributed by atoms with E-state index in [0.29, 0.717) is 24.8 Å². The van der Waals surface area contributed by atoms with Crippen LogP contribution in [0.3, 0.4) is 0 Å². The lowest BCUT2D eigenvalue weighted by atomic mass is 9.96. The van der Waals surface area contributed by atoms with Crippen LogP contribution in [-0.4, -0.2) is 56.3 Å². The second-order valence-electron chi connectivity index (χ2n) is 8.03. The summed E-state index contributed by atoms with van der Waals surface area (Å²) >= 11 is 0. The van der Waals surface area contributed by atoms with Gasteiger partial charge in [-0.1, -0.05) is 25.1 Å². The highest BCUT2D eigenvalue weighted by Gasteiger charge is 2.16. The van der Waals surface area contributed by atoms with E-state index in [1.165, 1.54) is 0 Å². The zero-order valence-corrected chi connectivity index (χ0v) is 19.5. The summed E-state index contributed by atoms with van der Waals surface area (Å²) in [5, 5.41) is 3.45. The lowest BCUT2D eigenvalue weighted by molar-refractivity contribution is 0.0625. The van der Waals surface area contributed by atoms with Crippen LogP contribution in [0.2, 0.25) is 0 Å². The molecule has 32 heavy (non-hydrogen) atoms. The number of benzene rings is 1. The van der Waals surface area contributed by atoms with E-state index in [1.54, 1.807) is 6.20 Å². The maximum Gasteiger partial charge on any atom is 0.224 e. The lowest BCUT2D eigenvalue weighted by Crippen LogP contribution is -2.39. The van der Waals surface area contributed by atoms with Crippen LogP contribution in [0.1, 0.15) is 38.2 Å². The molecule has 0 aliphatic carbocycles. The van der Waals surface area contributed by atoms with Gasteiger partial charge in [0.1, 0.15) is 0 Å². The van der Waals surface area contributed by atoms with Crippen LogP contribution < -0.4 is 14.8 Å². The summed E-state index contributed by atoms with van der Waals surface area (Å²) < 4.78 is 17.4. The first-order chi connectivity index (χ1) is 15.7. The number of hydrogen-bond acceptors (Lipinski definition) is 5. The Hall–Kier alpha value is -2.80. The molecule has 1 saturated heterocycles. The molecule has 7 heteroatoms. The van der Waals surface area contributed by atoms with E-state index in [4.69, 9.17) is 14.2 Å². The van der Waals surface area contributed by atoms with Crippen molar-refractivity contribution < 1.29 is 14.2 Å². The van der Waals surface area contributed by atoms with Crippen LogP contribution in [-0.2, 0) is 11.3 Å². The second-order valence-corrected chi connectivity index (χ2v) is 8.03. The Balaban J connectivity index is 1.59. The second kappa shape index (κ2) is 12.9. The minimum atomic E-state index is 0.563. The highest BCUT2D eigenvalue weighted by Crippen LogP contribution is 2.32. The number of rotatable bonds is 10. The molecule has 3 rings (SSSR count). The summed E-state index contributed by atoms with van der Waals surface area (Å²) in [7, 11) is 3.89. The van der Waals surface area contributed by atoms with E-state index in [0.717, 1.165) is 68.6 Å². The summed E-state index contributed by atoms with van der Waals surface area (Å²) in [6.07, 6.45) is 6.13. The summed E-state index contributed by atoms with van der Waals surface area (Å²) in [6, 6.07) is 11.6. The van der Waals surface area contributed by atoms with Gasteiger partial charge in [-0.2, -0.15) is 0 Å². The minimum Gasteiger partial charge on any atom is -0.490 e. The zero-order valence-electron chi connectivity index (χ0n) is 19.5. The lowest BCUT2D eigenvalue weighted by Gasteiger charge is -2.27. The van der Waals surface area contributed by atoms with Gasteiger partial charge in [0, 0.05) is 52.2 Å². The van der Waals surface area contributed by atoms with Crippen LogP contribution in [0.4, 0.5) is 0 Å². The minimum absolute atomic E-state index is 0.563. The molecule has 1 fully saturated rings. The van der Waals surface area contributed by atoms with Crippen LogP contribution in [0.5, 0.6) is 17.4 Å². The molecule has 7 nitrogen and oxygen atoms in total. The fourth-order valence-electron chi connectivity index (χ4n) is 3.70. The molecule has 174 valence electrons. The van der Waals surface area contributed by atoms with Crippen molar-refractivity contribution in [1.29, 1.82) is 0 Å². The number of aliphatic imine (C=N–C) groups is 1. The fourth-order valence-corrected chi connectivity index (χ4v) is 3.70. The Bertz CT molecular complexity index is 853. The van der Waals surface area contributed by atoms with E-state index in [1.807, 2.05) is 43.4 Å². The molecule has 1 aromatic carbocycles. The van der Waals surface area contributed by atoms with Crippen molar-refractivity contribution >= 4 is 5.96 Å². The molecule has 0 amide bonds. The number of aromatic nitrogens is 1. The summed E-state index contributed by atoms with van der Waals surface area (Å²) in [5.74, 6) is 3.55. The number of para-hydroxylation sites is 2. The molecule has 0 spiro atoms. The molecule has 2 aromatic rings. The van der Waals surface area contributed by atoms with E-state index in [-0.39, 0.29) is 0 Å². The third-order valence-corrected chi connectivity index (χ3v) is 5.59. The Morgan fingerprint density at radius 3 is 2.72 bits per heavy atom. The van der Waals surface area contributed by atoms with Crippen molar-refractivity contribution in [3.63, 3.8) is 0 Å². The number of ether oxygens (including phenoxy) is 3. The third-order valence-electron chi connectivity index (χ3n) is 5.59. The van der Waals surface area contributed by atoms with Crippen LogP contribution in [0.25, 0.3) is 0 Å². The van der Waals surface area contributed by atoms with Crippen LogP contribution in [0.15, 0.2) is 47.6 Å². The number of nitrogens with one attached hydrogen (secondary N) is 1. The SMILES string of the molecule is CCCOc1ccccc1Oc1ncccc1CNC(=NC)N(C)CCC1CCOCC1. The molecule has 1 aromatic heterocycles. The van der Waals surface area contributed by atoms with Crippen molar-refractivity contribution in [2.24, 2.45) is 10.9 Å². The predicted molar refractivity (Wildman–Crippen MR) is 128 cm³/mol.